The lowest BCUT2D eigenvalue weighted by atomic mass is 10.0. The van der Waals surface area contributed by atoms with Crippen LogP contribution in [0.15, 0.2) is 0 Å². The molecule has 84 valence electrons. The van der Waals surface area contributed by atoms with Gasteiger partial charge in [-0.1, -0.05) is 0 Å². The molecular weight excluding hydrogens is 172 g/mol. The molecule has 1 saturated heterocycles. The van der Waals surface area contributed by atoms with Crippen LogP contribution in [0.2, 0.25) is 0 Å². The highest BCUT2D eigenvalue weighted by atomic mass is 15.7. The molecule has 1 aliphatic rings. The van der Waals surface area contributed by atoms with Gasteiger partial charge >= 0.3 is 0 Å². The first-order valence-corrected chi connectivity index (χ1v) is 5.78. The lowest BCUT2D eigenvalue weighted by Gasteiger charge is -2.52. The van der Waals surface area contributed by atoms with E-state index in [0.717, 1.165) is 0 Å². The van der Waals surface area contributed by atoms with Gasteiger partial charge in [0.05, 0.1) is 0 Å². The Morgan fingerprint density at radius 3 is 1.14 bits per heavy atom. The maximum Gasteiger partial charge on any atom is 0.0272 e. The van der Waals surface area contributed by atoms with Crippen LogP contribution in [0.25, 0.3) is 0 Å². The number of hydrogen-bond acceptors (Lipinski definition) is 2. The molecule has 1 heterocycles. The summed E-state index contributed by atoms with van der Waals surface area (Å²) in [6.07, 6.45) is 2.67. The molecule has 0 unspecified atom stereocenters. The average Bonchev–Trinajstić information content (AvgIpc) is 2.01. The molecular formula is C12H26N2. The smallest absolute Gasteiger partial charge is 0.0272 e. The van der Waals surface area contributed by atoms with Crippen molar-refractivity contribution in [2.75, 3.05) is 13.1 Å². The Labute approximate surface area is 89.2 Å². The van der Waals surface area contributed by atoms with E-state index in [0.29, 0.717) is 0 Å². The van der Waals surface area contributed by atoms with Crippen molar-refractivity contribution in [1.82, 2.24) is 10.0 Å². The molecule has 14 heavy (non-hydrogen) atoms. The van der Waals surface area contributed by atoms with Crippen LogP contribution in [0, 0.1) is 0 Å². The molecule has 0 N–H and O–H groups in total. The topological polar surface area (TPSA) is 6.48 Å². The first-order chi connectivity index (χ1) is 6.23. The third-order valence-corrected chi connectivity index (χ3v) is 2.83. The van der Waals surface area contributed by atoms with E-state index in [4.69, 9.17) is 0 Å². The van der Waals surface area contributed by atoms with E-state index < -0.39 is 0 Å². The van der Waals surface area contributed by atoms with Crippen LogP contribution in [0.1, 0.15) is 54.4 Å². The summed E-state index contributed by atoms with van der Waals surface area (Å²) in [6, 6.07) is 0. The normalized spacial score (nSPS) is 22.7. The predicted molar refractivity (Wildman–Crippen MR) is 62.2 cm³/mol. The van der Waals surface area contributed by atoms with Gasteiger partial charge in [-0.3, -0.25) is 0 Å². The van der Waals surface area contributed by atoms with Gasteiger partial charge < -0.3 is 0 Å². The van der Waals surface area contributed by atoms with Gasteiger partial charge in [0.15, 0.2) is 0 Å². The first kappa shape index (κ1) is 12.0. The summed E-state index contributed by atoms with van der Waals surface area (Å²) in [5.74, 6) is 0. The minimum atomic E-state index is 0.258. The van der Waals surface area contributed by atoms with Gasteiger partial charge in [-0.2, -0.15) is 0 Å². The fourth-order valence-corrected chi connectivity index (χ4v) is 2.16. The third-order valence-electron chi connectivity index (χ3n) is 2.83. The van der Waals surface area contributed by atoms with Crippen LogP contribution in [-0.4, -0.2) is 34.2 Å². The van der Waals surface area contributed by atoms with E-state index in [-0.39, 0.29) is 11.1 Å². The van der Waals surface area contributed by atoms with Crippen LogP contribution in [0.3, 0.4) is 0 Å². The summed E-state index contributed by atoms with van der Waals surface area (Å²) in [7, 11) is 0. The summed E-state index contributed by atoms with van der Waals surface area (Å²) >= 11 is 0. The number of rotatable bonds is 0. The zero-order valence-corrected chi connectivity index (χ0v) is 10.7. The van der Waals surface area contributed by atoms with E-state index in [1.165, 1.54) is 25.9 Å². The number of nitrogens with zero attached hydrogens (tertiary/aromatic N) is 2. The van der Waals surface area contributed by atoms with E-state index in [9.17, 15) is 0 Å². The second kappa shape index (κ2) is 3.82. The highest BCUT2D eigenvalue weighted by molar-refractivity contribution is 4.84. The summed E-state index contributed by atoms with van der Waals surface area (Å²) in [5, 5.41) is 5.08. The minimum Gasteiger partial charge on any atom is -0.236 e. The van der Waals surface area contributed by atoms with Crippen LogP contribution in [0.5, 0.6) is 0 Å². The largest absolute Gasteiger partial charge is 0.236 e. The van der Waals surface area contributed by atoms with Gasteiger partial charge in [-0.15, -0.1) is 0 Å². The maximum absolute atomic E-state index is 2.54. The lowest BCUT2D eigenvalue weighted by Crippen LogP contribution is -2.61. The van der Waals surface area contributed by atoms with Crippen LogP contribution < -0.4 is 0 Å². The van der Waals surface area contributed by atoms with Gasteiger partial charge in [0, 0.05) is 24.2 Å². The van der Waals surface area contributed by atoms with Gasteiger partial charge in [0.1, 0.15) is 0 Å². The molecule has 0 spiro atoms. The summed E-state index contributed by atoms with van der Waals surface area (Å²) < 4.78 is 0. The highest BCUT2D eigenvalue weighted by Gasteiger charge is 2.35. The SMILES string of the molecule is CC(C)(C)N1CCCCN1C(C)(C)C. The van der Waals surface area contributed by atoms with E-state index in [1.54, 1.807) is 0 Å². The molecule has 0 aliphatic carbocycles. The molecule has 1 aliphatic heterocycles. The molecule has 2 nitrogen and oxygen atoms in total. The van der Waals surface area contributed by atoms with Gasteiger partial charge in [-0.25, -0.2) is 10.0 Å². The van der Waals surface area contributed by atoms with Gasteiger partial charge in [0.2, 0.25) is 0 Å². The van der Waals surface area contributed by atoms with E-state index in [2.05, 4.69) is 51.6 Å². The van der Waals surface area contributed by atoms with Crippen molar-refractivity contribution in [2.45, 2.75) is 65.5 Å². The zero-order chi connectivity index (χ0) is 11.0. The molecule has 1 fully saturated rings. The summed E-state index contributed by atoms with van der Waals surface area (Å²) in [5.41, 5.74) is 0.515. The Morgan fingerprint density at radius 1 is 0.643 bits per heavy atom. The summed E-state index contributed by atoms with van der Waals surface area (Å²) in [4.78, 5) is 0. The summed E-state index contributed by atoms with van der Waals surface area (Å²) in [6.45, 7) is 16.2. The van der Waals surface area contributed by atoms with Gasteiger partial charge in [-0.05, 0) is 54.4 Å². The molecule has 0 saturated carbocycles. The van der Waals surface area contributed by atoms with Gasteiger partial charge in [0.25, 0.3) is 0 Å². The van der Waals surface area contributed by atoms with Crippen molar-refractivity contribution in [2.24, 2.45) is 0 Å². The first-order valence-electron chi connectivity index (χ1n) is 5.78. The quantitative estimate of drug-likeness (QED) is 0.590. The Bertz CT molecular complexity index is 163. The molecule has 0 atom stereocenters. The van der Waals surface area contributed by atoms with Crippen molar-refractivity contribution in [3.8, 4) is 0 Å². The molecule has 0 aromatic rings. The minimum absolute atomic E-state index is 0.258. The van der Waals surface area contributed by atoms with E-state index >= 15 is 0 Å². The van der Waals surface area contributed by atoms with Crippen molar-refractivity contribution in [1.29, 1.82) is 0 Å². The third kappa shape index (κ3) is 2.71. The van der Waals surface area contributed by atoms with Crippen LogP contribution in [0.4, 0.5) is 0 Å². The van der Waals surface area contributed by atoms with Crippen LogP contribution >= 0.6 is 0 Å². The Kier molecular flexibility index (Phi) is 3.27. The van der Waals surface area contributed by atoms with E-state index in [1.807, 2.05) is 0 Å². The predicted octanol–water partition coefficient (Wildman–Crippen LogP) is 2.90. The second-order valence-electron chi connectivity index (χ2n) is 6.30. The fourth-order valence-electron chi connectivity index (χ4n) is 2.16. The standard InChI is InChI=1S/C12H26N2/c1-11(2,3)13-9-7-8-10-14(13)12(4,5)6/h7-10H2,1-6H3. The lowest BCUT2D eigenvalue weighted by molar-refractivity contribution is -0.159. The van der Waals surface area contributed by atoms with Crippen molar-refractivity contribution < 1.29 is 0 Å². The molecule has 1 rings (SSSR count). The molecule has 0 bridgehead atoms. The Balaban J connectivity index is 2.80. The maximum atomic E-state index is 2.54. The zero-order valence-electron chi connectivity index (χ0n) is 10.7. The molecule has 2 heteroatoms. The average molecular weight is 198 g/mol. The van der Waals surface area contributed by atoms with Crippen LogP contribution in [-0.2, 0) is 0 Å². The van der Waals surface area contributed by atoms with Crippen molar-refractivity contribution in [3.63, 3.8) is 0 Å². The fraction of sp³-hybridized carbons (Fsp3) is 1.00. The highest BCUT2D eigenvalue weighted by Crippen LogP contribution is 2.27. The van der Waals surface area contributed by atoms with Crippen molar-refractivity contribution in [3.05, 3.63) is 0 Å². The molecule has 0 radical (unpaired) electrons. The number of hydrazine groups is 1. The van der Waals surface area contributed by atoms with Crippen molar-refractivity contribution >= 4 is 0 Å². The number of hydrogen-bond donors (Lipinski definition) is 0. The monoisotopic (exact) mass is 198 g/mol. The Hall–Kier alpha value is -0.0800. The molecule has 0 aromatic heterocycles. The molecule has 0 amide bonds. The molecule has 0 aromatic carbocycles. The second-order valence-corrected chi connectivity index (χ2v) is 6.30. The Morgan fingerprint density at radius 2 is 0.929 bits per heavy atom.